The smallest absolute Gasteiger partial charge is 0.213 e. The minimum atomic E-state index is -3.12. The number of piperazine rings is 1. The van der Waals surface area contributed by atoms with Crippen LogP contribution >= 0.6 is 0 Å². The van der Waals surface area contributed by atoms with Gasteiger partial charge in [0.2, 0.25) is 20.0 Å². The summed E-state index contributed by atoms with van der Waals surface area (Å²) in [5.74, 6) is 0.353. The summed E-state index contributed by atoms with van der Waals surface area (Å²) in [6.07, 6.45) is 1.26. The van der Waals surface area contributed by atoms with E-state index in [1.807, 2.05) is 0 Å². The Morgan fingerprint density at radius 3 is 1.76 bits per heavy atom. The molecule has 10 heteroatoms. The van der Waals surface area contributed by atoms with Gasteiger partial charge in [-0.15, -0.1) is 0 Å². The zero-order valence-corrected chi connectivity index (χ0v) is 17.8. The molecule has 0 spiro atoms. The average molecular weight is 399 g/mol. The van der Waals surface area contributed by atoms with E-state index >= 15 is 0 Å². The largest absolute Gasteiger partial charge is 0.300 e. The van der Waals surface area contributed by atoms with Gasteiger partial charge in [-0.2, -0.15) is 0 Å². The lowest BCUT2D eigenvalue weighted by Crippen LogP contribution is -2.52. The summed E-state index contributed by atoms with van der Waals surface area (Å²) < 4.78 is 49.7. The number of rotatable bonds is 10. The number of nitrogens with zero attached hydrogens (tertiary/aromatic N) is 4. The maximum atomic E-state index is 11.8. The summed E-state index contributed by atoms with van der Waals surface area (Å²) in [6.45, 7) is 6.37. The van der Waals surface area contributed by atoms with Crippen LogP contribution in [0.25, 0.3) is 0 Å². The summed E-state index contributed by atoms with van der Waals surface area (Å²) >= 11 is 0. The molecule has 0 saturated carbocycles. The molecule has 0 unspecified atom stereocenters. The van der Waals surface area contributed by atoms with Crippen molar-refractivity contribution in [2.24, 2.45) is 0 Å². The van der Waals surface area contributed by atoms with Crippen LogP contribution in [0.15, 0.2) is 0 Å². The SMILES string of the molecule is C[C@H]1CN(CCCS(=O)(=O)N(C)C)CCN1CCCS(=O)(=O)N(C)C. The lowest BCUT2D eigenvalue weighted by atomic mass is 10.2. The summed E-state index contributed by atoms with van der Waals surface area (Å²) in [6, 6.07) is 0.348. The van der Waals surface area contributed by atoms with Crippen LogP contribution < -0.4 is 0 Å². The first-order valence-corrected chi connectivity index (χ1v) is 11.9. The van der Waals surface area contributed by atoms with Crippen LogP contribution in [0.4, 0.5) is 0 Å². The second kappa shape index (κ2) is 9.61. The van der Waals surface area contributed by atoms with Crippen molar-refractivity contribution < 1.29 is 16.8 Å². The zero-order chi connectivity index (χ0) is 19.3. The third-order valence-electron chi connectivity index (χ3n) is 4.69. The first-order valence-electron chi connectivity index (χ1n) is 8.72. The van der Waals surface area contributed by atoms with Crippen LogP contribution in [-0.2, 0) is 20.0 Å². The summed E-state index contributed by atoms with van der Waals surface area (Å²) in [7, 11) is 0.00388. The monoisotopic (exact) mass is 398 g/mol. The predicted molar refractivity (Wildman–Crippen MR) is 102 cm³/mol. The Hall–Kier alpha value is -0.260. The second-order valence-electron chi connectivity index (χ2n) is 7.09. The third kappa shape index (κ3) is 7.48. The van der Waals surface area contributed by atoms with Gasteiger partial charge in [-0.3, -0.25) is 4.90 Å². The van der Waals surface area contributed by atoms with Crippen LogP contribution in [0.3, 0.4) is 0 Å². The van der Waals surface area contributed by atoms with Crippen molar-refractivity contribution >= 4 is 20.0 Å². The van der Waals surface area contributed by atoms with E-state index in [4.69, 9.17) is 0 Å². The molecule has 25 heavy (non-hydrogen) atoms. The first-order chi connectivity index (χ1) is 11.5. The van der Waals surface area contributed by atoms with E-state index in [-0.39, 0.29) is 11.5 Å². The topological polar surface area (TPSA) is 81.2 Å². The molecule has 0 radical (unpaired) electrons. The number of hydrogen-bond donors (Lipinski definition) is 0. The molecule has 1 fully saturated rings. The molecule has 0 aliphatic carbocycles. The van der Waals surface area contributed by atoms with Crippen molar-refractivity contribution in [2.75, 3.05) is 72.4 Å². The van der Waals surface area contributed by atoms with E-state index in [0.29, 0.717) is 18.9 Å². The molecule has 1 heterocycles. The Morgan fingerprint density at radius 1 is 0.840 bits per heavy atom. The van der Waals surface area contributed by atoms with Gasteiger partial charge in [0.1, 0.15) is 0 Å². The standard InChI is InChI=1S/C15H34N4O4S2/c1-15-14-18(8-6-12-24(20,21)16(2)3)10-11-19(15)9-7-13-25(22,23)17(4)5/h15H,6-14H2,1-5H3/t15-/m0/s1. The summed E-state index contributed by atoms with van der Waals surface area (Å²) in [5, 5.41) is 0. The molecule has 0 aromatic rings. The quantitative estimate of drug-likeness (QED) is 0.496. The maximum absolute atomic E-state index is 11.8. The van der Waals surface area contributed by atoms with Crippen LogP contribution in [0.5, 0.6) is 0 Å². The maximum Gasteiger partial charge on any atom is 0.213 e. The first kappa shape index (κ1) is 22.8. The Kier molecular flexibility index (Phi) is 8.76. The van der Waals surface area contributed by atoms with Crippen LogP contribution in [0.2, 0.25) is 0 Å². The fraction of sp³-hybridized carbons (Fsp3) is 1.00. The van der Waals surface area contributed by atoms with Crippen molar-refractivity contribution in [3.63, 3.8) is 0 Å². The van der Waals surface area contributed by atoms with Gasteiger partial charge in [0, 0.05) is 53.9 Å². The fourth-order valence-electron chi connectivity index (χ4n) is 2.89. The molecule has 8 nitrogen and oxygen atoms in total. The lowest BCUT2D eigenvalue weighted by molar-refractivity contribution is 0.0840. The molecule has 1 atom stereocenters. The molecular weight excluding hydrogens is 364 g/mol. The Morgan fingerprint density at radius 2 is 1.32 bits per heavy atom. The van der Waals surface area contributed by atoms with Crippen LogP contribution in [0.1, 0.15) is 19.8 Å². The Labute approximate surface area is 153 Å². The second-order valence-corrected chi connectivity index (χ2v) is 11.7. The van der Waals surface area contributed by atoms with Gasteiger partial charge in [0.15, 0.2) is 0 Å². The van der Waals surface area contributed by atoms with E-state index in [1.54, 1.807) is 28.2 Å². The normalized spacial score (nSPS) is 21.3. The molecule has 0 aromatic carbocycles. The van der Waals surface area contributed by atoms with Gasteiger partial charge in [0.25, 0.3) is 0 Å². The Balaban J connectivity index is 2.32. The van der Waals surface area contributed by atoms with E-state index in [0.717, 1.165) is 32.7 Å². The minimum Gasteiger partial charge on any atom is -0.300 e. The van der Waals surface area contributed by atoms with Crippen molar-refractivity contribution in [2.45, 2.75) is 25.8 Å². The summed E-state index contributed by atoms with van der Waals surface area (Å²) in [4.78, 5) is 4.61. The van der Waals surface area contributed by atoms with Crippen LogP contribution in [-0.4, -0.2) is 114 Å². The minimum absolute atomic E-state index is 0.176. The average Bonchev–Trinajstić information content (AvgIpc) is 2.48. The highest BCUT2D eigenvalue weighted by molar-refractivity contribution is 7.89. The molecule has 0 aromatic heterocycles. The Bertz CT molecular complexity index is 605. The van der Waals surface area contributed by atoms with Crippen molar-refractivity contribution in [3.8, 4) is 0 Å². The lowest BCUT2D eigenvalue weighted by Gasteiger charge is -2.40. The van der Waals surface area contributed by atoms with Gasteiger partial charge in [-0.05, 0) is 32.9 Å². The molecule has 1 rings (SSSR count). The predicted octanol–water partition coefficient (Wildman–Crippen LogP) is -0.444. The van der Waals surface area contributed by atoms with Gasteiger partial charge in [-0.1, -0.05) is 0 Å². The highest BCUT2D eigenvalue weighted by Gasteiger charge is 2.24. The fourth-order valence-corrected chi connectivity index (χ4v) is 4.61. The molecule has 0 N–H and O–H groups in total. The van der Waals surface area contributed by atoms with Gasteiger partial charge < -0.3 is 4.90 Å². The van der Waals surface area contributed by atoms with E-state index in [1.165, 1.54) is 8.61 Å². The molecule has 150 valence electrons. The van der Waals surface area contributed by atoms with Crippen molar-refractivity contribution in [3.05, 3.63) is 0 Å². The number of hydrogen-bond acceptors (Lipinski definition) is 6. The number of sulfonamides is 2. The van der Waals surface area contributed by atoms with Crippen LogP contribution in [0, 0.1) is 0 Å². The van der Waals surface area contributed by atoms with E-state index in [2.05, 4.69) is 16.7 Å². The summed E-state index contributed by atoms with van der Waals surface area (Å²) in [5.41, 5.74) is 0. The highest BCUT2D eigenvalue weighted by Crippen LogP contribution is 2.11. The highest BCUT2D eigenvalue weighted by atomic mass is 32.2. The molecular formula is C15H34N4O4S2. The molecule has 1 aliphatic heterocycles. The van der Waals surface area contributed by atoms with Gasteiger partial charge in [-0.25, -0.2) is 25.4 Å². The van der Waals surface area contributed by atoms with Gasteiger partial charge in [0.05, 0.1) is 11.5 Å². The zero-order valence-electron chi connectivity index (χ0n) is 16.2. The van der Waals surface area contributed by atoms with E-state index in [9.17, 15) is 16.8 Å². The molecule has 1 aliphatic rings. The third-order valence-corrected chi connectivity index (χ3v) is 8.52. The van der Waals surface area contributed by atoms with Crippen molar-refractivity contribution in [1.82, 2.24) is 18.4 Å². The molecule has 0 bridgehead atoms. The molecule has 0 amide bonds. The van der Waals surface area contributed by atoms with E-state index < -0.39 is 20.0 Å². The molecule has 1 saturated heterocycles. The van der Waals surface area contributed by atoms with Crippen molar-refractivity contribution in [1.29, 1.82) is 0 Å². The van der Waals surface area contributed by atoms with Gasteiger partial charge >= 0.3 is 0 Å².